The van der Waals surface area contributed by atoms with E-state index in [1.54, 1.807) is 0 Å². The molecule has 2 amide bonds. The molecule has 3 heteroatoms. The minimum absolute atomic E-state index is 0.0729. The molecule has 0 unspecified atom stereocenters. The lowest BCUT2D eigenvalue weighted by Crippen LogP contribution is -2.34. The van der Waals surface area contributed by atoms with Gasteiger partial charge in [-0.05, 0) is 12.8 Å². The molecule has 0 saturated carbocycles. The van der Waals surface area contributed by atoms with Gasteiger partial charge in [0.05, 0.1) is 0 Å². The summed E-state index contributed by atoms with van der Waals surface area (Å²) in [5.74, 6) is -0.200. The largest absolute Gasteiger partial charge is 0.275 e. The number of hydrogen-bond donors (Lipinski definition) is 0. The van der Waals surface area contributed by atoms with E-state index < -0.39 is 0 Å². The first-order valence-corrected chi connectivity index (χ1v) is 3.35. The third-order valence-corrected chi connectivity index (χ3v) is 1.91. The fourth-order valence-corrected chi connectivity index (χ4v) is 1.38. The van der Waals surface area contributed by atoms with E-state index in [4.69, 9.17) is 0 Å². The minimum Gasteiger partial charge on any atom is -0.275 e. The van der Waals surface area contributed by atoms with Crippen molar-refractivity contribution in [3.05, 3.63) is 11.6 Å². The summed E-state index contributed by atoms with van der Waals surface area (Å²) in [6.45, 7) is 0.609. The second-order valence-electron chi connectivity index (χ2n) is 2.57. The Morgan fingerprint density at radius 3 is 2.80 bits per heavy atom. The second kappa shape index (κ2) is 1.68. The summed E-state index contributed by atoms with van der Waals surface area (Å²) in [7, 11) is 0. The van der Waals surface area contributed by atoms with Crippen LogP contribution in [-0.2, 0) is 9.59 Å². The molecule has 2 aliphatic rings. The molecular weight excluding hydrogens is 130 g/mol. The molecule has 52 valence electrons. The average molecular weight is 137 g/mol. The molecule has 2 heterocycles. The Hall–Kier alpha value is -1.12. The van der Waals surface area contributed by atoms with Gasteiger partial charge in [-0.15, -0.1) is 0 Å². The molecule has 1 saturated heterocycles. The highest BCUT2D eigenvalue weighted by Crippen LogP contribution is 2.22. The van der Waals surface area contributed by atoms with Crippen LogP contribution in [-0.4, -0.2) is 23.3 Å². The van der Waals surface area contributed by atoms with Crippen molar-refractivity contribution in [2.24, 2.45) is 0 Å². The summed E-state index contributed by atoms with van der Waals surface area (Å²) >= 11 is 0. The summed E-state index contributed by atoms with van der Waals surface area (Å²) in [6.07, 6.45) is 3.17. The highest BCUT2D eigenvalue weighted by molar-refractivity contribution is 6.16. The molecule has 0 spiro atoms. The zero-order chi connectivity index (χ0) is 7.14. The lowest BCUT2D eigenvalue weighted by molar-refractivity contribution is -0.138. The number of carbonyl (C=O) groups excluding carboxylic acids is 2. The molecule has 0 aliphatic carbocycles. The Kier molecular flexibility index (Phi) is 0.952. The fourth-order valence-electron chi connectivity index (χ4n) is 1.38. The van der Waals surface area contributed by atoms with Crippen molar-refractivity contribution < 1.29 is 9.59 Å². The number of imide groups is 1. The van der Waals surface area contributed by atoms with Gasteiger partial charge >= 0.3 is 0 Å². The molecule has 1 fully saturated rings. The van der Waals surface area contributed by atoms with Crippen molar-refractivity contribution in [3.63, 3.8) is 0 Å². The number of carbonyl (C=O) groups is 2. The molecule has 0 aromatic carbocycles. The number of fused-ring (bicyclic) bond motifs is 2. The van der Waals surface area contributed by atoms with Crippen LogP contribution in [0.4, 0.5) is 0 Å². The van der Waals surface area contributed by atoms with Gasteiger partial charge in [-0.1, -0.05) is 0 Å². The van der Waals surface area contributed by atoms with Gasteiger partial charge in [0, 0.05) is 18.2 Å². The lowest BCUT2D eigenvalue weighted by Gasteiger charge is -2.18. The second-order valence-corrected chi connectivity index (χ2v) is 2.57. The molecular formula is C7H7NO2. The van der Waals surface area contributed by atoms with E-state index in [0.29, 0.717) is 12.1 Å². The predicted octanol–water partition coefficient (Wildman–Crippen LogP) is 0.0754. The molecule has 0 aromatic rings. The Morgan fingerprint density at radius 1 is 1.40 bits per heavy atom. The van der Waals surface area contributed by atoms with E-state index in [9.17, 15) is 9.59 Å². The van der Waals surface area contributed by atoms with Crippen molar-refractivity contribution in [1.29, 1.82) is 0 Å². The summed E-state index contributed by atoms with van der Waals surface area (Å²) in [5.41, 5.74) is 0.691. The summed E-state index contributed by atoms with van der Waals surface area (Å²) < 4.78 is 0. The average Bonchev–Trinajstić information content (AvgIpc) is 2.16. The van der Waals surface area contributed by atoms with Crippen molar-refractivity contribution >= 4 is 11.8 Å². The van der Waals surface area contributed by atoms with Gasteiger partial charge in [0.2, 0.25) is 0 Å². The number of hydrogen-bond acceptors (Lipinski definition) is 2. The van der Waals surface area contributed by atoms with Crippen molar-refractivity contribution in [2.75, 3.05) is 6.54 Å². The molecule has 0 atom stereocenters. The van der Waals surface area contributed by atoms with Crippen molar-refractivity contribution in [2.45, 2.75) is 12.8 Å². The van der Waals surface area contributed by atoms with E-state index in [0.717, 1.165) is 12.8 Å². The standard InChI is InChI=1S/C7H7NO2/c9-6-4-5-2-1-3-8(6)7(5)10/h4H,1-3H2. The Labute approximate surface area is 58.3 Å². The molecule has 0 aromatic heterocycles. The quantitative estimate of drug-likeness (QED) is 0.443. The van der Waals surface area contributed by atoms with Crippen LogP contribution in [0.3, 0.4) is 0 Å². The Balaban J connectivity index is 2.42. The van der Waals surface area contributed by atoms with E-state index in [-0.39, 0.29) is 11.8 Å². The van der Waals surface area contributed by atoms with Crippen LogP contribution in [0.5, 0.6) is 0 Å². The van der Waals surface area contributed by atoms with Crippen LogP contribution < -0.4 is 0 Å². The van der Waals surface area contributed by atoms with Gasteiger partial charge in [0.15, 0.2) is 0 Å². The van der Waals surface area contributed by atoms with Gasteiger partial charge in [0.25, 0.3) is 11.8 Å². The van der Waals surface area contributed by atoms with Gasteiger partial charge < -0.3 is 0 Å². The summed E-state index contributed by atoms with van der Waals surface area (Å²) in [4.78, 5) is 23.2. The van der Waals surface area contributed by atoms with E-state index in [1.807, 2.05) is 0 Å². The van der Waals surface area contributed by atoms with Crippen LogP contribution in [0, 0.1) is 0 Å². The smallest absolute Gasteiger partial charge is 0.256 e. The van der Waals surface area contributed by atoms with Gasteiger partial charge in [-0.25, -0.2) is 0 Å². The zero-order valence-corrected chi connectivity index (χ0v) is 5.46. The highest BCUT2D eigenvalue weighted by Gasteiger charge is 2.33. The van der Waals surface area contributed by atoms with Crippen LogP contribution >= 0.6 is 0 Å². The number of nitrogens with zero attached hydrogens (tertiary/aromatic N) is 1. The van der Waals surface area contributed by atoms with Crippen LogP contribution in [0.2, 0.25) is 0 Å². The van der Waals surface area contributed by atoms with Crippen molar-refractivity contribution in [1.82, 2.24) is 4.90 Å². The van der Waals surface area contributed by atoms with E-state index in [1.165, 1.54) is 11.0 Å². The first-order chi connectivity index (χ1) is 4.79. The Bertz CT molecular complexity index is 242. The monoisotopic (exact) mass is 137 g/mol. The van der Waals surface area contributed by atoms with E-state index in [2.05, 4.69) is 0 Å². The number of piperidine rings is 1. The molecule has 10 heavy (non-hydrogen) atoms. The first-order valence-electron chi connectivity index (χ1n) is 3.35. The molecule has 2 aliphatic heterocycles. The zero-order valence-electron chi connectivity index (χ0n) is 5.46. The third kappa shape index (κ3) is 0.546. The highest BCUT2D eigenvalue weighted by atomic mass is 16.2. The van der Waals surface area contributed by atoms with Gasteiger partial charge in [-0.2, -0.15) is 0 Å². The lowest BCUT2D eigenvalue weighted by atomic mass is 10.1. The van der Waals surface area contributed by atoms with Gasteiger partial charge in [0.1, 0.15) is 0 Å². The molecule has 0 N–H and O–H groups in total. The number of rotatable bonds is 0. The first kappa shape index (κ1) is 5.65. The van der Waals surface area contributed by atoms with Crippen LogP contribution in [0.1, 0.15) is 12.8 Å². The maximum Gasteiger partial charge on any atom is 0.256 e. The normalized spacial score (nSPS) is 23.6. The predicted molar refractivity (Wildman–Crippen MR) is 34.0 cm³/mol. The topological polar surface area (TPSA) is 37.4 Å². The van der Waals surface area contributed by atoms with E-state index >= 15 is 0 Å². The summed E-state index contributed by atoms with van der Waals surface area (Å²) in [6, 6.07) is 0. The van der Waals surface area contributed by atoms with Crippen molar-refractivity contribution in [3.8, 4) is 0 Å². The fraction of sp³-hybridized carbons (Fsp3) is 0.429. The summed E-state index contributed by atoms with van der Waals surface area (Å²) in [5, 5.41) is 0. The van der Waals surface area contributed by atoms with Crippen LogP contribution in [0.15, 0.2) is 11.6 Å². The number of amides is 2. The van der Waals surface area contributed by atoms with Gasteiger partial charge in [-0.3, -0.25) is 14.5 Å². The maximum absolute atomic E-state index is 11.0. The molecule has 3 nitrogen and oxygen atoms in total. The Morgan fingerprint density at radius 2 is 2.20 bits per heavy atom. The maximum atomic E-state index is 11.0. The SMILES string of the molecule is O=C1C=C2CCCN1C2=O. The molecule has 0 radical (unpaired) electrons. The molecule has 2 rings (SSSR count). The minimum atomic E-state index is -0.127. The third-order valence-electron chi connectivity index (χ3n) is 1.91. The molecule has 2 bridgehead atoms. The van der Waals surface area contributed by atoms with Crippen LogP contribution in [0.25, 0.3) is 0 Å².